The van der Waals surface area contributed by atoms with Gasteiger partial charge in [0.15, 0.2) is 0 Å². The van der Waals surface area contributed by atoms with Gasteiger partial charge in [-0.2, -0.15) is 0 Å². The molecule has 0 aliphatic heterocycles. The van der Waals surface area contributed by atoms with Crippen molar-refractivity contribution in [2.75, 3.05) is 80.7 Å². The predicted octanol–water partition coefficient (Wildman–Crippen LogP) is 0.266. The second-order valence-electron chi connectivity index (χ2n) is 7.39. The summed E-state index contributed by atoms with van der Waals surface area (Å²) >= 11 is 0. The molecule has 0 radical (unpaired) electrons. The van der Waals surface area contributed by atoms with Gasteiger partial charge in [0.1, 0.15) is 0 Å². The number of rotatable bonds is 17. The van der Waals surface area contributed by atoms with E-state index >= 15 is 0 Å². The van der Waals surface area contributed by atoms with Gasteiger partial charge in [-0.3, -0.25) is 5.84 Å². The normalized spacial score (nSPS) is 8.53. The summed E-state index contributed by atoms with van der Waals surface area (Å²) in [6.07, 6.45) is 7.72. The smallest absolute Gasteiger partial charge is 0.0515 e. The first kappa shape index (κ1) is 73.5. The van der Waals surface area contributed by atoms with Gasteiger partial charge in [0.05, 0.1) is 6.61 Å². The Labute approximate surface area is 264 Å². The Hall–Kier alpha value is -1.02. The van der Waals surface area contributed by atoms with E-state index < -0.39 is 0 Å². The highest BCUT2D eigenvalue weighted by molar-refractivity contribution is 4.95. The van der Waals surface area contributed by atoms with Crippen molar-refractivity contribution in [2.45, 2.75) is 86.0 Å². The molecule has 0 fully saturated rings. The summed E-state index contributed by atoms with van der Waals surface area (Å²) < 4.78 is 14.4. The van der Waals surface area contributed by atoms with Crippen molar-refractivity contribution >= 4 is 0 Å². The molecule has 278 valence electrons. The number of hydrogen-bond acceptors (Lipinski definition) is 12. The fraction of sp³-hybridized carbons (Fsp3) is 0.929. The van der Waals surface area contributed by atoms with Crippen molar-refractivity contribution in [3.63, 3.8) is 0 Å². The van der Waals surface area contributed by atoms with Crippen LogP contribution in [0.5, 0.6) is 0 Å². The molecule has 0 aliphatic rings. The third-order valence-corrected chi connectivity index (χ3v) is 3.82. The molecule has 19 N–H and O–H groups in total. The molecule has 0 bridgehead atoms. The molecular formula is C28H80N4O11. The van der Waals surface area contributed by atoms with Gasteiger partial charge in [0, 0.05) is 79.2 Å². The van der Waals surface area contributed by atoms with Crippen LogP contribution in [0, 0.1) is 5.92 Å². The molecule has 0 aliphatic carbocycles. The summed E-state index contributed by atoms with van der Waals surface area (Å²) in [7, 11) is 5.03. The van der Waals surface area contributed by atoms with Crippen LogP contribution in [0.25, 0.3) is 0 Å². The summed E-state index contributed by atoms with van der Waals surface area (Å²) in [5.74, 6) is 5.10. The van der Waals surface area contributed by atoms with E-state index in [0.717, 1.165) is 45.4 Å². The number of nitrogens with one attached hydrogen (secondary N) is 1. The van der Waals surface area contributed by atoms with Gasteiger partial charge < -0.3 is 73.5 Å². The first-order valence-electron chi connectivity index (χ1n) is 14.2. The van der Waals surface area contributed by atoms with Crippen molar-refractivity contribution in [3.05, 3.63) is 12.3 Å². The van der Waals surface area contributed by atoms with Gasteiger partial charge in [-0.15, -0.1) is 0 Å². The van der Waals surface area contributed by atoms with E-state index in [1.165, 1.54) is 19.3 Å². The largest absolute Gasteiger partial charge is 0.412 e. The lowest BCUT2D eigenvalue weighted by Crippen LogP contribution is -2.28. The summed E-state index contributed by atoms with van der Waals surface area (Å²) in [6, 6.07) is 0. The molecule has 15 nitrogen and oxygen atoms in total. The number of ether oxygens (including phenoxy) is 3. The number of hydrogen-bond donors (Lipinski definition) is 9. The van der Waals surface area contributed by atoms with E-state index in [-0.39, 0.29) is 54.9 Å². The molecule has 0 saturated heterocycles. The molecule has 0 heterocycles. The van der Waals surface area contributed by atoms with Crippen molar-refractivity contribution in [2.24, 2.45) is 17.5 Å². The predicted molar refractivity (Wildman–Crippen MR) is 181 cm³/mol. The Morgan fingerprint density at radius 1 is 0.674 bits per heavy atom. The Kier molecular flexibility index (Phi) is 166. The van der Waals surface area contributed by atoms with Crippen LogP contribution in [0.2, 0.25) is 0 Å². The number of methoxy groups -OCH3 is 3. The molecule has 0 spiro atoms. The van der Waals surface area contributed by atoms with Gasteiger partial charge in [-0.25, -0.2) is 0 Å². The second-order valence-corrected chi connectivity index (χ2v) is 7.39. The molecule has 43 heavy (non-hydrogen) atoms. The summed E-state index contributed by atoms with van der Waals surface area (Å²) in [6.45, 7) is 17.5. The summed E-state index contributed by atoms with van der Waals surface area (Å²) in [4.78, 5) is 0. The van der Waals surface area contributed by atoms with Crippen LogP contribution in [0.4, 0.5) is 0 Å². The topological polar surface area (TPSA) is 322 Å². The van der Waals surface area contributed by atoms with E-state index in [0.29, 0.717) is 25.3 Å². The first-order valence-corrected chi connectivity index (χ1v) is 14.2. The quantitative estimate of drug-likeness (QED) is 0.0582. The number of hydrazine groups is 1. The molecule has 1 atom stereocenters. The van der Waals surface area contributed by atoms with Gasteiger partial charge in [-0.1, -0.05) is 54.0 Å². The zero-order chi connectivity index (χ0) is 32.0. The molecule has 0 amide bonds. The van der Waals surface area contributed by atoms with Crippen molar-refractivity contribution in [1.82, 2.24) is 11.6 Å². The maximum atomic E-state index is 8.84. The van der Waals surface area contributed by atoms with Crippen LogP contribution in [-0.4, -0.2) is 123 Å². The lowest BCUT2D eigenvalue weighted by atomic mass is 10.0. The van der Waals surface area contributed by atoms with Crippen molar-refractivity contribution in [3.8, 4) is 0 Å². The van der Waals surface area contributed by atoms with Crippen LogP contribution in [0.15, 0.2) is 12.3 Å². The van der Waals surface area contributed by atoms with Crippen LogP contribution in [-0.2, 0) is 14.2 Å². The first-order chi connectivity index (χ1) is 18.8. The Morgan fingerprint density at radius 2 is 1.02 bits per heavy atom. The minimum absolute atomic E-state index is 0. The highest BCUT2D eigenvalue weighted by atomic mass is 16.5. The third kappa shape index (κ3) is 129. The number of unbranched alkanes of at least 4 members (excludes halogenated alkanes) is 3. The average Bonchev–Trinajstić information content (AvgIpc) is 2.97. The van der Waals surface area contributed by atoms with E-state index in [1.54, 1.807) is 21.3 Å². The highest BCUT2D eigenvalue weighted by Gasteiger charge is 2.09. The minimum atomic E-state index is -0.0139. The van der Waals surface area contributed by atoms with Crippen molar-refractivity contribution < 1.29 is 56.2 Å². The Bertz CT molecular complexity index is 321. The SMILES string of the molecule is C=C(NN)C(CO)CCOC.CC.CCCCCOC.CCCO.CCN.COCCCCO.N.O.O.O.OCCCO. The van der Waals surface area contributed by atoms with Gasteiger partial charge >= 0.3 is 0 Å². The van der Waals surface area contributed by atoms with Gasteiger partial charge in [-0.05, 0) is 45.1 Å². The van der Waals surface area contributed by atoms with E-state index in [4.69, 9.17) is 51.3 Å². The molecule has 0 aromatic carbocycles. The van der Waals surface area contributed by atoms with Gasteiger partial charge in [0.2, 0.25) is 0 Å². The number of aliphatic hydroxyl groups is 5. The molecule has 0 rings (SSSR count). The fourth-order valence-electron chi connectivity index (χ4n) is 1.68. The van der Waals surface area contributed by atoms with E-state index in [1.807, 2.05) is 27.7 Å². The monoisotopic (exact) mass is 649 g/mol. The van der Waals surface area contributed by atoms with Crippen LogP contribution in [0.3, 0.4) is 0 Å². The summed E-state index contributed by atoms with van der Waals surface area (Å²) in [5.41, 5.74) is 7.91. The maximum Gasteiger partial charge on any atom is 0.0515 e. The molecule has 1 unspecified atom stereocenters. The van der Waals surface area contributed by atoms with Gasteiger partial charge in [0.25, 0.3) is 0 Å². The van der Waals surface area contributed by atoms with E-state index in [9.17, 15) is 0 Å². The zero-order valence-electron chi connectivity index (χ0n) is 29.1. The number of nitrogens with two attached hydrogens (primary N) is 2. The average molecular weight is 649 g/mol. The maximum absolute atomic E-state index is 8.84. The third-order valence-electron chi connectivity index (χ3n) is 3.82. The minimum Gasteiger partial charge on any atom is -0.412 e. The molecular weight excluding hydrogens is 568 g/mol. The molecule has 0 saturated carbocycles. The van der Waals surface area contributed by atoms with Crippen LogP contribution in [0.1, 0.15) is 86.0 Å². The molecule has 0 aromatic heterocycles. The standard InChI is InChI=1S/C7H16N2O2.C6H14O.C5H12O2.C3H8O2.C3H8O.C2H7N.C2H6.H3N.3H2O/c1-6(9-8)7(5-10)3-4-11-2;1-3-4-5-6-7-2;1-7-5-3-2-4-6;4-2-1-3-5;1-2-3-4;1-2-3;1-2;;;;/h7,9-10H,1,3-5,8H2,2H3;3-6H2,1-2H3;6H,2-5H2,1H3;4-5H,1-3H2;4H,2-3H2,1H3;2-3H2,1H3;1-2H3;1H3;3*1H2. The van der Waals surface area contributed by atoms with Crippen molar-refractivity contribution in [1.29, 1.82) is 0 Å². The Balaban J connectivity index is -0.0000000321. The lowest BCUT2D eigenvalue weighted by molar-refractivity contribution is 0.157. The second kappa shape index (κ2) is 97.0. The number of aliphatic hydroxyl groups excluding tert-OH is 5. The lowest BCUT2D eigenvalue weighted by Gasteiger charge is -2.15. The highest BCUT2D eigenvalue weighted by Crippen LogP contribution is 2.08. The van der Waals surface area contributed by atoms with Crippen LogP contribution < -0.4 is 23.2 Å². The molecule has 0 aromatic rings. The fourth-order valence-corrected chi connectivity index (χ4v) is 1.68. The summed E-state index contributed by atoms with van der Waals surface area (Å²) in [5, 5.41) is 40.8. The Morgan fingerprint density at radius 3 is 1.23 bits per heavy atom. The zero-order valence-corrected chi connectivity index (χ0v) is 29.1. The molecule has 15 heteroatoms. The van der Waals surface area contributed by atoms with Crippen LogP contribution >= 0.6 is 0 Å². The van der Waals surface area contributed by atoms with E-state index in [2.05, 4.69) is 18.9 Å².